The maximum atomic E-state index is 12.3. The standard InChI is InChI=1S/C22H26IN3O5/c1-13(2)31-20-18(23)10-15(11-19(20)30-5)12-24-26-22(28)14(3)21(27)25-16-6-8-17(29-4)9-7-16/h6-14H,1-5H3,(H,25,27)(H,26,28). The van der Waals surface area contributed by atoms with Gasteiger partial charge in [-0.1, -0.05) is 0 Å². The highest BCUT2D eigenvalue weighted by Gasteiger charge is 2.21. The molecule has 2 amide bonds. The molecular weight excluding hydrogens is 513 g/mol. The molecule has 2 aromatic carbocycles. The molecule has 0 aromatic heterocycles. The van der Waals surface area contributed by atoms with Crippen molar-refractivity contribution >= 4 is 46.3 Å². The topological polar surface area (TPSA) is 98.2 Å². The van der Waals surface area contributed by atoms with Crippen molar-refractivity contribution in [2.24, 2.45) is 11.0 Å². The normalized spacial score (nSPS) is 11.8. The first-order chi connectivity index (χ1) is 14.7. The van der Waals surface area contributed by atoms with Crippen molar-refractivity contribution in [3.8, 4) is 17.2 Å². The summed E-state index contributed by atoms with van der Waals surface area (Å²) in [4.78, 5) is 24.6. The largest absolute Gasteiger partial charge is 0.497 e. The van der Waals surface area contributed by atoms with Gasteiger partial charge in [0.25, 0.3) is 5.91 Å². The lowest BCUT2D eigenvalue weighted by Gasteiger charge is -2.15. The van der Waals surface area contributed by atoms with Gasteiger partial charge in [0.15, 0.2) is 11.5 Å². The molecule has 0 saturated carbocycles. The summed E-state index contributed by atoms with van der Waals surface area (Å²) in [7, 11) is 3.12. The third kappa shape index (κ3) is 7.12. The second-order valence-corrected chi connectivity index (χ2v) is 8.04. The molecule has 2 aromatic rings. The number of halogens is 1. The molecule has 8 nitrogen and oxygen atoms in total. The molecule has 31 heavy (non-hydrogen) atoms. The molecule has 166 valence electrons. The van der Waals surface area contributed by atoms with Crippen molar-refractivity contribution in [1.82, 2.24) is 5.43 Å². The Morgan fingerprint density at radius 1 is 1.03 bits per heavy atom. The first kappa shape index (κ1) is 24.4. The Kier molecular flexibility index (Phi) is 9.10. The number of amides is 2. The van der Waals surface area contributed by atoms with Crippen LogP contribution in [0.5, 0.6) is 17.2 Å². The van der Waals surface area contributed by atoms with Gasteiger partial charge < -0.3 is 19.5 Å². The monoisotopic (exact) mass is 539 g/mol. The molecule has 9 heteroatoms. The van der Waals surface area contributed by atoms with Crippen LogP contribution in [0.25, 0.3) is 0 Å². The lowest BCUT2D eigenvalue weighted by atomic mass is 10.1. The molecule has 0 fully saturated rings. The summed E-state index contributed by atoms with van der Waals surface area (Å²) in [5.41, 5.74) is 3.68. The maximum absolute atomic E-state index is 12.3. The number of carbonyl (C=O) groups excluding carboxylic acids is 2. The van der Waals surface area contributed by atoms with E-state index in [9.17, 15) is 9.59 Å². The van der Waals surface area contributed by atoms with E-state index in [1.807, 2.05) is 19.9 Å². The number of carbonyl (C=O) groups is 2. The lowest BCUT2D eigenvalue weighted by molar-refractivity contribution is -0.131. The number of nitrogens with one attached hydrogen (secondary N) is 2. The van der Waals surface area contributed by atoms with Gasteiger partial charge in [-0.3, -0.25) is 9.59 Å². The molecule has 2 rings (SSSR count). The molecule has 0 radical (unpaired) electrons. The van der Waals surface area contributed by atoms with Crippen LogP contribution in [0.1, 0.15) is 26.3 Å². The predicted octanol–water partition coefficient (Wildman–Crippen LogP) is 3.82. The van der Waals surface area contributed by atoms with Crippen molar-refractivity contribution in [2.45, 2.75) is 26.9 Å². The van der Waals surface area contributed by atoms with E-state index < -0.39 is 17.7 Å². The summed E-state index contributed by atoms with van der Waals surface area (Å²) in [6.07, 6.45) is 1.49. The van der Waals surface area contributed by atoms with Crippen LogP contribution in [0.3, 0.4) is 0 Å². The van der Waals surface area contributed by atoms with Crippen molar-refractivity contribution in [1.29, 1.82) is 0 Å². The lowest BCUT2D eigenvalue weighted by Crippen LogP contribution is -2.34. The van der Waals surface area contributed by atoms with E-state index in [0.717, 1.165) is 3.57 Å². The van der Waals surface area contributed by atoms with Crippen LogP contribution in [-0.2, 0) is 9.59 Å². The molecule has 0 aliphatic heterocycles. The number of ether oxygens (including phenoxy) is 3. The first-order valence-corrected chi connectivity index (χ1v) is 10.6. The van der Waals surface area contributed by atoms with Gasteiger partial charge in [-0.25, -0.2) is 5.43 Å². The highest BCUT2D eigenvalue weighted by Crippen LogP contribution is 2.34. The van der Waals surface area contributed by atoms with Crippen LogP contribution < -0.4 is 25.0 Å². The van der Waals surface area contributed by atoms with Gasteiger partial charge in [0, 0.05) is 5.69 Å². The van der Waals surface area contributed by atoms with Gasteiger partial charge in [-0.2, -0.15) is 5.10 Å². The number of hydrogen-bond acceptors (Lipinski definition) is 6. The fraction of sp³-hybridized carbons (Fsp3) is 0.318. The number of nitrogens with zero attached hydrogens (tertiary/aromatic N) is 1. The van der Waals surface area contributed by atoms with Crippen LogP contribution in [0.15, 0.2) is 41.5 Å². The Morgan fingerprint density at radius 3 is 2.29 bits per heavy atom. The Bertz CT molecular complexity index is 945. The molecule has 0 saturated heterocycles. The van der Waals surface area contributed by atoms with E-state index >= 15 is 0 Å². The van der Waals surface area contributed by atoms with Crippen molar-refractivity contribution < 1.29 is 23.8 Å². The SMILES string of the molecule is COc1ccc(NC(=O)C(C)C(=O)NN=Cc2cc(I)c(OC(C)C)c(OC)c2)cc1. The number of anilines is 1. The van der Waals surface area contributed by atoms with E-state index in [0.29, 0.717) is 28.5 Å². The minimum atomic E-state index is -0.934. The van der Waals surface area contributed by atoms with E-state index in [2.05, 4.69) is 38.4 Å². The zero-order valence-electron chi connectivity index (χ0n) is 18.1. The van der Waals surface area contributed by atoms with E-state index in [1.165, 1.54) is 13.1 Å². The number of methoxy groups -OCH3 is 2. The van der Waals surface area contributed by atoms with Gasteiger partial charge in [0.1, 0.15) is 11.7 Å². The number of benzene rings is 2. The molecule has 0 aliphatic rings. The van der Waals surface area contributed by atoms with Crippen LogP contribution in [-0.4, -0.2) is 38.4 Å². The molecular formula is C22H26IN3O5. The van der Waals surface area contributed by atoms with E-state index in [1.54, 1.807) is 44.6 Å². The van der Waals surface area contributed by atoms with Gasteiger partial charge in [-0.05, 0) is 85.3 Å². The molecule has 2 N–H and O–H groups in total. The number of hydrogen-bond donors (Lipinski definition) is 2. The Balaban J connectivity index is 1.98. The Hall–Kier alpha value is -2.82. The van der Waals surface area contributed by atoms with Gasteiger partial charge >= 0.3 is 0 Å². The summed E-state index contributed by atoms with van der Waals surface area (Å²) in [6, 6.07) is 10.4. The minimum Gasteiger partial charge on any atom is -0.497 e. The first-order valence-electron chi connectivity index (χ1n) is 9.57. The van der Waals surface area contributed by atoms with Crippen molar-refractivity contribution in [2.75, 3.05) is 19.5 Å². The smallest absolute Gasteiger partial charge is 0.252 e. The Morgan fingerprint density at radius 2 is 1.71 bits per heavy atom. The summed E-state index contributed by atoms with van der Waals surface area (Å²) < 4.78 is 17.1. The fourth-order valence-electron chi connectivity index (χ4n) is 2.48. The Labute approximate surface area is 195 Å². The molecule has 0 spiro atoms. The van der Waals surface area contributed by atoms with E-state index in [-0.39, 0.29) is 6.10 Å². The number of rotatable bonds is 9. The number of hydrazone groups is 1. The second-order valence-electron chi connectivity index (χ2n) is 6.87. The van der Waals surface area contributed by atoms with Gasteiger partial charge in [0.05, 0.1) is 30.1 Å². The third-order valence-corrected chi connectivity index (χ3v) is 4.94. The average Bonchev–Trinajstić information content (AvgIpc) is 2.74. The van der Waals surface area contributed by atoms with Crippen molar-refractivity contribution in [3.63, 3.8) is 0 Å². The van der Waals surface area contributed by atoms with Crippen LogP contribution >= 0.6 is 22.6 Å². The average molecular weight is 539 g/mol. The zero-order chi connectivity index (χ0) is 23.0. The highest BCUT2D eigenvalue weighted by molar-refractivity contribution is 14.1. The van der Waals surface area contributed by atoms with Crippen LogP contribution in [0.4, 0.5) is 5.69 Å². The van der Waals surface area contributed by atoms with Crippen LogP contribution in [0, 0.1) is 9.49 Å². The second kappa shape index (κ2) is 11.5. The molecule has 0 bridgehead atoms. The molecule has 1 atom stereocenters. The van der Waals surface area contributed by atoms with Crippen LogP contribution in [0.2, 0.25) is 0 Å². The predicted molar refractivity (Wildman–Crippen MR) is 128 cm³/mol. The summed E-state index contributed by atoms with van der Waals surface area (Å²) >= 11 is 2.15. The fourth-order valence-corrected chi connectivity index (χ4v) is 3.23. The molecule has 1 unspecified atom stereocenters. The minimum absolute atomic E-state index is 0.00627. The summed E-state index contributed by atoms with van der Waals surface area (Å²) in [5.74, 6) is 0.000595. The van der Waals surface area contributed by atoms with E-state index in [4.69, 9.17) is 14.2 Å². The van der Waals surface area contributed by atoms with Gasteiger partial charge in [-0.15, -0.1) is 0 Å². The van der Waals surface area contributed by atoms with Gasteiger partial charge in [0.2, 0.25) is 5.91 Å². The van der Waals surface area contributed by atoms with Crippen molar-refractivity contribution in [3.05, 3.63) is 45.5 Å². The summed E-state index contributed by atoms with van der Waals surface area (Å²) in [6.45, 7) is 5.38. The highest BCUT2D eigenvalue weighted by atomic mass is 127. The zero-order valence-corrected chi connectivity index (χ0v) is 20.2. The molecule has 0 aliphatic carbocycles. The maximum Gasteiger partial charge on any atom is 0.252 e. The third-order valence-electron chi connectivity index (χ3n) is 4.14. The summed E-state index contributed by atoms with van der Waals surface area (Å²) in [5, 5.41) is 6.65. The quantitative estimate of drug-likeness (QED) is 0.219. The molecule has 0 heterocycles.